The number of pyridine rings is 1. The monoisotopic (exact) mass is 358 g/mol. The van der Waals surface area contributed by atoms with Crippen molar-refractivity contribution in [2.24, 2.45) is 5.73 Å². The zero-order chi connectivity index (χ0) is 18.5. The first-order valence-electron chi connectivity index (χ1n) is 9.09. The Kier molecular flexibility index (Phi) is 5.93. The molecular formula is C20H26N2O4. The third-order valence-electron chi connectivity index (χ3n) is 4.86. The highest BCUT2D eigenvalue weighted by Gasteiger charge is 2.22. The molecule has 1 aromatic heterocycles. The summed E-state index contributed by atoms with van der Waals surface area (Å²) in [6.07, 6.45) is 4.74. The number of nitrogens with zero attached hydrogens (tertiary/aromatic N) is 1. The van der Waals surface area contributed by atoms with E-state index in [9.17, 15) is 4.79 Å². The van der Waals surface area contributed by atoms with Gasteiger partial charge in [0, 0.05) is 35.7 Å². The Labute approximate surface area is 153 Å². The fourth-order valence-electron chi connectivity index (χ4n) is 3.40. The Morgan fingerprint density at radius 2 is 2.08 bits per heavy atom. The van der Waals surface area contributed by atoms with Crippen LogP contribution in [0, 0.1) is 0 Å². The van der Waals surface area contributed by atoms with E-state index in [2.05, 4.69) is 0 Å². The van der Waals surface area contributed by atoms with Gasteiger partial charge in [0.05, 0.1) is 19.7 Å². The van der Waals surface area contributed by atoms with Gasteiger partial charge in [-0.25, -0.2) is 0 Å². The minimum absolute atomic E-state index is 0.243. The summed E-state index contributed by atoms with van der Waals surface area (Å²) >= 11 is 0. The van der Waals surface area contributed by atoms with Crippen molar-refractivity contribution in [3.8, 4) is 11.5 Å². The molecule has 2 aromatic rings. The van der Waals surface area contributed by atoms with E-state index in [1.54, 1.807) is 7.11 Å². The lowest BCUT2D eigenvalue weighted by molar-refractivity contribution is -0.141. The highest BCUT2D eigenvalue weighted by molar-refractivity contribution is 5.88. The van der Waals surface area contributed by atoms with Crippen LogP contribution in [0.25, 0.3) is 10.9 Å². The van der Waals surface area contributed by atoms with Gasteiger partial charge in [-0.15, -0.1) is 0 Å². The second kappa shape index (κ2) is 8.36. The van der Waals surface area contributed by atoms with E-state index in [0.717, 1.165) is 53.8 Å². The molecule has 3 rings (SSSR count). The van der Waals surface area contributed by atoms with Gasteiger partial charge >= 0.3 is 5.97 Å². The molecule has 0 spiro atoms. The van der Waals surface area contributed by atoms with E-state index in [0.29, 0.717) is 13.0 Å². The van der Waals surface area contributed by atoms with Gasteiger partial charge in [-0.1, -0.05) is 0 Å². The molecule has 6 nitrogen and oxygen atoms in total. The van der Waals surface area contributed by atoms with E-state index in [1.165, 1.54) is 12.7 Å². The van der Waals surface area contributed by atoms with Gasteiger partial charge in [-0.05, 0) is 44.2 Å². The number of esters is 1. The minimum Gasteiger partial charge on any atom is -0.497 e. The number of aryl methyl sites for hydroxylation is 1. The predicted molar refractivity (Wildman–Crippen MR) is 99.7 cm³/mol. The molecule has 0 radical (unpaired) electrons. The minimum atomic E-state index is -0.251. The molecule has 1 aliphatic carbocycles. The molecule has 6 heteroatoms. The zero-order valence-corrected chi connectivity index (χ0v) is 15.4. The number of carbonyl (C=O) groups is 1. The fraction of sp³-hybridized carbons (Fsp3) is 0.500. The Hall–Kier alpha value is -2.34. The van der Waals surface area contributed by atoms with Crippen LogP contribution < -0.4 is 15.2 Å². The molecule has 0 bridgehead atoms. The van der Waals surface area contributed by atoms with Gasteiger partial charge in [0.1, 0.15) is 17.6 Å². The molecule has 2 N–H and O–H groups in total. The van der Waals surface area contributed by atoms with Crippen molar-refractivity contribution in [3.05, 3.63) is 29.5 Å². The summed E-state index contributed by atoms with van der Waals surface area (Å²) < 4.78 is 16.4. The van der Waals surface area contributed by atoms with E-state index in [4.69, 9.17) is 24.9 Å². The van der Waals surface area contributed by atoms with Crippen LogP contribution in [-0.4, -0.2) is 37.8 Å². The molecule has 0 saturated heterocycles. The average Bonchev–Trinajstić information content (AvgIpc) is 2.69. The molecule has 1 atom stereocenters. The number of benzene rings is 1. The highest BCUT2D eigenvalue weighted by atomic mass is 16.5. The Bertz CT molecular complexity index is 791. The topological polar surface area (TPSA) is 83.7 Å². The summed E-state index contributed by atoms with van der Waals surface area (Å²) in [7, 11) is 3.04. The van der Waals surface area contributed by atoms with Crippen LogP contribution in [0.4, 0.5) is 0 Å². The summed E-state index contributed by atoms with van der Waals surface area (Å²) in [6.45, 7) is 0.339. The van der Waals surface area contributed by atoms with Gasteiger partial charge < -0.3 is 19.9 Å². The summed E-state index contributed by atoms with van der Waals surface area (Å²) in [5.74, 6) is 1.37. The van der Waals surface area contributed by atoms with Crippen molar-refractivity contribution in [2.45, 2.75) is 44.6 Å². The molecule has 0 aliphatic heterocycles. The number of nitrogens with two attached hydrogens (primary N) is 1. The maximum atomic E-state index is 11.5. The number of aromatic nitrogens is 1. The van der Waals surface area contributed by atoms with E-state index in [1.807, 2.05) is 18.2 Å². The second-order valence-electron chi connectivity index (χ2n) is 6.55. The second-order valence-corrected chi connectivity index (χ2v) is 6.55. The van der Waals surface area contributed by atoms with E-state index < -0.39 is 0 Å². The number of hydrogen-bond acceptors (Lipinski definition) is 6. The van der Waals surface area contributed by atoms with Gasteiger partial charge in [0.25, 0.3) is 0 Å². The quantitative estimate of drug-likeness (QED) is 0.766. The van der Waals surface area contributed by atoms with Crippen LogP contribution >= 0.6 is 0 Å². The standard InChI is InChI=1S/C20H26N2O4/c1-24-13-7-9-16-18(11-13)22-17-6-4-3-5-15(17)20(16)26-14(12-21)8-10-19(23)25-2/h7,9,11,14H,3-6,8,10,12,21H2,1-2H3/t14-/m1/s1. The summed E-state index contributed by atoms with van der Waals surface area (Å²) in [6, 6.07) is 5.83. The Morgan fingerprint density at radius 1 is 1.27 bits per heavy atom. The molecule has 0 saturated carbocycles. The van der Waals surface area contributed by atoms with Gasteiger partial charge in [-0.3, -0.25) is 9.78 Å². The lowest BCUT2D eigenvalue weighted by Crippen LogP contribution is -2.28. The van der Waals surface area contributed by atoms with Crippen molar-refractivity contribution < 1.29 is 19.0 Å². The van der Waals surface area contributed by atoms with Gasteiger partial charge in [-0.2, -0.15) is 0 Å². The first kappa shape index (κ1) is 18.5. The summed E-state index contributed by atoms with van der Waals surface area (Å²) in [5, 5.41) is 0.961. The van der Waals surface area contributed by atoms with E-state index in [-0.39, 0.29) is 18.5 Å². The lowest BCUT2D eigenvalue weighted by Gasteiger charge is -2.24. The Morgan fingerprint density at radius 3 is 2.81 bits per heavy atom. The first-order chi connectivity index (χ1) is 12.7. The molecule has 140 valence electrons. The zero-order valence-electron chi connectivity index (χ0n) is 15.4. The summed E-state index contributed by atoms with van der Waals surface area (Å²) in [5.41, 5.74) is 9.03. The molecule has 1 aliphatic rings. The molecule has 1 heterocycles. The number of rotatable bonds is 7. The summed E-state index contributed by atoms with van der Waals surface area (Å²) in [4.78, 5) is 16.3. The van der Waals surface area contributed by atoms with Crippen LogP contribution in [-0.2, 0) is 22.4 Å². The molecule has 0 amide bonds. The van der Waals surface area contributed by atoms with Crippen LogP contribution in [0.5, 0.6) is 11.5 Å². The number of carbonyl (C=O) groups excluding carboxylic acids is 1. The normalized spacial score (nSPS) is 14.6. The van der Waals surface area contributed by atoms with Crippen LogP contribution in [0.1, 0.15) is 36.9 Å². The van der Waals surface area contributed by atoms with Crippen molar-refractivity contribution in [2.75, 3.05) is 20.8 Å². The Balaban J connectivity index is 1.97. The maximum Gasteiger partial charge on any atom is 0.305 e. The fourth-order valence-corrected chi connectivity index (χ4v) is 3.40. The number of methoxy groups -OCH3 is 2. The molecular weight excluding hydrogens is 332 g/mol. The molecule has 26 heavy (non-hydrogen) atoms. The SMILES string of the molecule is COC(=O)CC[C@H](CN)Oc1c2c(nc3cc(OC)ccc13)CCCC2. The molecule has 0 fully saturated rings. The van der Waals surface area contributed by atoms with Crippen LogP contribution in [0.3, 0.4) is 0 Å². The average molecular weight is 358 g/mol. The van der Waals surface area contributed by atoms with Crippen molar-refractivity contribution in [1.29, 1.82) is 0 Å². The third kappa shape index (κ3) is 3.90. The highest BCUT2D eigenvalue weighted by Crippen LogP contribution is 2.37. The lowest BCUT2D eigenvalue weighted by atomic mass is 9.93. The molecule has 1 aromatic carbocycles. The maximum absolute atomic E-state index is 11.5. The smallest absolute Gasteiger partial charge is 0.305 e. The van der Waals surface area contributed by atoms with Crippen molar-refractivity contribution in [1.82, 2.24) is 4.98 Å². The predicted octanol–water partition coefficient (Wildman–Crippen LogP) is 2.78. The molecule has 0 unspecified atom stereocenters. The number of ether oxygens (including phenoxy) is 3. The van der Waals surface area contributed by atoms with Crippen molar-refractivity contribution >= 4 is 16.9 Å². The van der Waals surface area contributed by atoms with Crippen LogP contribution in [0.15, 0.2) is 18.2 Å². The van der Waals surface area contributed by atoms with Crippen molar-refractivity contribution in [3.63, 3.8) is 0 Å². The third-order valence-corrected chi connectivity index (χ3v) is 4.86. The first-order valence-corrected chi connectivity index (χ1v) is 9.09. The van der Waals surface area contributed by atoms with Crippen LogP contribution in [0.2, 0.25) is 0 Å². The largest absolute Gasteiger partial charge is 0.497 e. The number of fused-ring (bicyclic) bond motifs is 2. The van der Waals surface area contributed by atoms with Gasteiger partial charge in [0.15, 0.2) is 0 Å². The number of hydrogen-bond donors (Lipinski definition) is 1. The van der Waals surface area contributed by atoms with E-state index >= 15 is 0 Å². The van der Waals surface area contributed by atoms with Gasteiger partial charge in [0.2, 0.25) is 0 Å².